The molecular formula is C34H43N5O5. The van der Waals surface area contributed by atoms with Gasteiger partial charge >= 0.3 is 0 Å². The summed E-state index contributed by atoms with van der Waals surface area (Å²) in [6, 6.07) is 15.9. The average molecular weight is 602 g/mol. The lowest BCUT2D eigenvalue weighted by Gasteiger charge is -2.51. The van der Waals surface area contributed by atoms with Gasteiger partial charge in [-0.15, -0.1) is 0 Å². The maximum absolute atomic E-state index is 14.3. The van der Waals surface area contributed by atoms with Crippen molar-refractivity contribution in [3.63, 3.8) is 0 Å². The van der Waals surface area contributed by atoms with E-state index in [0.717, 1.165) is 30.8 Å². The molecule has 0 radical (unpaired) electrons. The Bertz CT molecular complexity index is 1360. The number of carbonyl (C=O) groups is 4. The molecule has 0 saturated carbocycles. The van der Waals surface area contributed by atoms with Gasteiger partial charge in [0.2, 0.25) is 17.7 Å². The second-order valence-electron chi connectivity index (χ2n) is 12.7. The van der Waals surface area contributed by atoms with E-state index in [9.17, 15) is 19.2 Å². The SMILES string of the molecule is C[C@H]1NC(=O)CCC[C@H]2[C@@H]3C[C@@H](CN(C(=O)c4ccccc4N4CCOCC4)C3)CN2C(=O)[C@H](Cc2ccccc2)NC1=O. The standard InChI is InChI=1S/C34H43N5O5/c1-23-32(41)36-28(19-24-8-3-2-4-9-24)34(43)39-21-25-18-26(29(39)12-7-13-31(40)35-23)22-38(20-25)33(42)27-10-5-6-11-30(27)37-14-16-44-17-15-37/h2-6,8-11,23,25-26,28-29H,7,12-22H2,1H3,(H,35,40)(H,36,41)/t23-,25+,26-,28+,29+/m1/s1. The number of para-hydroxylation sites is 1. The minimum Gasteiger partial charge on any atom is -0.378 e. The molecule has 0 spiro atoms. The van der Waals surface area contributed by atoms with Gasteiger partial charge in [0.15, 0.2) is 0 Å². The summed E-state index contributed by atoms with van der Waals surface area (Å²) in [5, 5.41) is 5.76. The molecular weight excluding hydrogens is 558 g/mol. The van der Waals surface area contributed by atoms with Gasteiger partial charge in [-0.1, -0.05) is 42.5 Å². The van der Waals surface area contributed by atoms with Crippen molar-refractivity contribution in [1.82, 2.24) is 20.4 Å². The maximum Gasteiger partial charge on any atom is 0.255 e. The number of fused-ring (bicyclic) bond motifs is 4. The van der Waals surface area contributed by atoms with Crippen LogP contribution in [0.5, 0.6) is 0 Å². The van der Waals surface area contributed by atoms with E-state index in [-0.39, 0.29) is 47.9 Å². The quantitative estimate of drug-likeness (QED) is 0.556. The van der Waals surface area contributed by atoms with Gasteiger partial charge < -0.3 is 30.1 Å². The molecule has 0 aliphatic carbocycles. The molecule has 44 heavy (non-hydrogen) atoms. The Morgan fingerprint density at radius 1 is 0.932 bits per heavy atom. The summed E-state index contributed by atoms with van der Waals surface area (Å²) in [7, 11) is 0. The molecule has 4 fully saturated rings. The summed E-state index contributed by atoms with van der Waals surface area (Å²) < 4.78 is 5.54. The van der Waals surface area contributed by atoms with Gasteiger partial charge in [-0.2, -0.15) is 0 Å². The molecule has 0 unspecified atom stereocenters. The summed E-state index contributed by atoms with van der Waals surface area (Å²) in [6.45, 7) is 6.11. The summed E-state index contributed by atoms with van der Waals surface area (Å²) in [5.41, 5.74) is 2.61. The topological polar surface area (TPSA) is 111 Å². The Kier molecular flexibility index (Phi) is 9.16. The predicted molar refractivity (Wildman–Crippen MR) is 166 cm³/mol. The first-order valence-electron chi connectivity index (χ1n) is 16.0. The van der Waals surface area contributed by atoms with Crippen LogP contribution in [0.4, 0.5) is 5.69 Å². The number of hydrogen-bond donors (Lipinski definition) is 2. The zero-order valence-corrected chi connectivity index (χ0v) is 25.5. The predicted octanol–water partition coefficient (Wildman–Crippen LogP) is 2.23. The molecule has 4 amide bonds. The van der Waals surface area contributed by atoms with E-state index in [2.05, 4.69) is 15.5 Å². The Hall–Kier alpha value is -3.92. The molecule has 2 aromatic rings. The minimum atomic E-state index is -0.747. The van der Waals surface area contributed by atoms with Crippen molar-refractivity contribution >= 4 is 29.3 Å². The van der Waals surface area contributed by atoms with Gasteiger partial charge in [0.05, 0.1) is 18.8 Å². The fourth-order valence-electron chi connectivity index (χ4n) is 7.44. The van der Waals surface area contributed by atoms with Crippen LogP contribution in [-0.4, -0.2) is 97.5 Å². The van der Waals surface area contributed by atoms with E-state index in [1.807, 2.05) is 64.4 Å². The zero-order chi connectivity index (χ0) is 30.6. The van der Waals surface area contributed by atoms with E-state index >= 15 is 0 Å². The normalized spacial score (nSPS) is 28.2. The number of likely N-dealkylation sites (tertiary alicyclic amines) is 1. The Morgan fingerprint density at radius 3 is 2.48 bits per heavy atom. The number of amides is 4. The summed E-state index contributed by atoms with van der Waals surface area (Å²) in [5.74, 6) is -0.367. The van der Waals surface area contributed by atoms with Crippen LogP contribution in [-0.2, 0) is 25.5 Å². The number of nitrogens with zero attached hydrogens (tertiary/aromatic N) is 3. The van der Waals surface area contributed by atoms with E-state index in [0.29, 0.717) is 57.7 Å². The summed E-state index contributed by atoms with van der Waals surface area (Å²) >= 11 is 0. The third kappa shape index (κ3) is 6.60. The summed E-state index contributed by atoms with van der Waals surface area (Å²) in [4.78, 5) is 60.4. The maximum atomic E-state index is 14.3. The first kappa shape index (κ1) is 30.1. The van der Waals surface area contributed by atoms with Gasteiger partial charge in [-0.3, -0.25) is 19.2 Å². The van der Waals surface area contributed by atoms with Gasteiger partial charge in [0.25, 0.3) is 5.91 Å². The van der Waals surface area contributed by atoms with Gasteiger partial charge in [-0.05, 0) is 55.7 Å². The second kappa shape index (κ2) is 13.4. The smallest absolute Gasteiger partial charge is 0.255 e. The van der Waals surface area contributed by atoms with E-state index in [1.165, 1.54) is 0 Å². The van der Waals surface area contributed by atoms with Crippen molar-refractivity contribution in [2.45, 2.75) is 57.2 Å². The van der Waals surface area contributed by atoms with Crippen LogP contribution in [0.15, 0.2) is 54.6 Å². The largest absolute Gasteiger partial charge is 0.378 e. The zero-order valence-electron chi connectivity index (χ0n) is 25.5. The fraction of sp³-hybridized carbons (Fsp3) is 0.529. The van der Waals surface area contributed by atoms with Crippen molar-refractivity contribution in [3.05, 3.63) is 65.7 Å². The Labute approximate surface area is 259 Å². The lowest BCUT2D eigenvalue weighted by molar-refractivity contribution is -0.145. The number of hydrogen-bond acceptors (Lipinski definition) is 6. The van der Waals surface area contributed by atoms with Gasteiger partial charge in [0, 0.05) is 57.3 Å². The number of anilines is 1. The highest BCUT2D eigenvalue weighted by Gasteiger charge is 2.45. The summed E-state index contributed by atoms with van der Waals surface area (Å²) in [6.07, 6.45) is 2.86. The molecule has 10 nitrogen and oxygen atoms in total. The van der Waals surface area contributed by atoms with Crippen molar-refractivity contribution in [1.29, 1.82) is 0 Å². The minimum absolute atomic E-state index is 0.0253. The van der Waals surface area contributed by atoms with Crippen LogP contribution < -0.4 is 15.5 Å². The lowest BCUT2D eigenvalue weighted by Crippen LogP contribution is -2.64. The van der Waals surface area contributed by atoms with Gasteiger partial charge in [0.1, 0.15) is 12.1 Å². The molecule has 4 aliphatic rings. The van der Waals surface area contributed by atoms with Crippen molar-refractivity contribution in [3.8, 4) is 0 Å². The highest BCUT2D eigenvalue weighted by atomic mass is 16.5. The van der Waals surface area contributed by atoms with Crippen molar-refractivity contribution < 1.29 is 23.9 Å². The average Bonchev–Trinajstić information content (AvgIpc) is 3.05. The number of benzene rings is 2. The number of nitrogens with one attached hydrogen (secondary N) is 2. The fourth-order valence-corrected chi connectivity index (χ4v) is 7.44. The Morgan fingerprint density at radius 2 is 1.68 bits per heavy atom. The molecule has 2 N–H and O–H groups in total. The van der Waals surface area contributed by atoms with Crippen LogP contribution in [0, 0.1) is 11.8 Å². The molecule has 4 aliphatic heterocycles. The number of rotatable bonds is 4. The molecule has 6 rings (SSSR count). The molecule has 4 saturated heterocycles. The number of carbonyl (C=O) groups excluding carboxylic acids is 4. The van der Waals surface area contributed by atoms with Crippen LogP contribution in [0.3, 0.4) is 0 Å². The number of piperidine rings is 2. The molecule has 5 atom stereocenters. The highest BCUT2D eigenvalue weighted by Crippen LogP contribution is 2.37. The number of ether oxygens (including phenoxy) is 1. The van der Waals surface area contributed by atoms with Crippen LogP contribution in [0.1, 0.15) is 48.5 Å². The van der Waals surface area contributed by atoms with Crippen molar-refractivity contribution in [2.24, 2.45) is 11.8 Å². The first-order chi connectivity index (χ1) is 21.4. The van der Waals surface area contributed by atoms with Gasteiger partial charge in [-0.25, -0.2) is 0 Å². The molecule has 4 heterocycles. The van der Waals surface area contributed by atoms with Crippen LogP contribution in [0.2, 0.25) is 0 Å². The van der Waals surface area contributed by atoms with E-state index in [4.69, 9.17) is 4.74 Å². The molecule has 2 aromatic carbocycles. The number of morpholine rings is 1. The molecule has 234 valence electrons. The monoisotopic (exact) mass is 601 g/mol. The molecule has 10 heteroatoms. The molecule has 2 bridgehead atoms. The van der Waals surface area contributed by atoms with Crippen LogP contribution in [0.25, 0.3) is 0 Å². The Balaban J connectivity index is 1.25. The first-order valence-corrected chi connectivity index (χ1v) is 16.0. The lowest BCUT2D eigenvalue weighted by atomic mass is 9.77. The highest BCUT2D eigenvalue weighted by molar-refractivity contribution is 6.00. The third-order valence-corrected chi connectivity index (χ3v) is 9.60. The van der Waals surface area contributed by atoms with E-state index in [1.54, 1.807) is 6.92 Å². The third-order valence-electron chi connectivity index (χ3n) is 9.60. The van der Waals surface area contributed by atoms with Crippen molar-refractivity contribution in [2.75, 3.05) is 50.8 Å². The second-order valence-corrected chi connectivity index (χ2v) is 12.7. The van der Waals surface area contributed by atoms with E-state index < -0.39 is 12.1 Å². The van der Waals surface area contributed by atoms with Crippen LogP contribution >= 0.6 is 0 Å². The molecule has 0 aromatic heterocycles.